The molecule has 0 fully saturated rings. The van der Waals surface area contributed by atoms with E-state index in [1.54, 1.807) is 0 Å². The van der Waals surface area contributed by atoms with Crippen molar-refractivity contribution in [2.45, 2.75) is 13.3 Å². The molecule has 1 amide bonds. The van der Waals surface area contributed by atoms with Gasteiger partial charge in [-0.3, -0.25) is 14.9 Å². The van der Waals surface area contributed by atoms with Crippen molar-refractivity contribution in [3.05, 3.63) is 33.3 Å². The van der Waals surface area contributed by atoms with Gasteiger partial charge in [-0.25, -0.2) is 0 Å². The number of non-ortho nitro benzene ring substituents is 1. The fourth-order valence-electron chi connectivity index (χ4n) is 1.31. The summed E-state index contributed by atoms with van der Waals surface area (Å²) in [6.45, 7) is 3.27. The number of benzene rings is 1. The molecule has 0 aliphatic rings. The molecule has 0 aliphatic carbocycles. The van der Waals surface area contributed by atoms with Crippen LogP contribution >= 0.6 is 11.6 Å². The van der Waals surface area contributed by atoms with Gasteiger partial charge in [-0.05, 0) is 12.6 Å². The molecule has 1 aromatic carbocycles. The molecular formula is C11H14ClN3O3. The lowest BCUT2D eigenvalue weighted by molar-refractivity contribution is -0.384. The number of anilines is 1. The largest absolute Gasteiger partial charge is 0.325 e. The van der Waals surface area contributed by atoms with Gasteiger partial charge in [0.2, 0.25) is 5.91 Å². The molecule has 0 aromatic heterocycles. The number of hydrogen-bond donors (Lipinski definition) is 2. The highest BCUT2D eigenvalue weighted by Crippen LogP contribution is 2.26. The zero-order valence-electron chi connectivity index (χ0n) is 9.90. The van der Waals surface area contributed by atoms with Gasteiger partial charge in [0, 0.05) is 25.1 Å². The minimum atomic E-state index is -0.537. The van der Waals surface area contributed by atoms with Crippen LogP contribution in [0.5, 0.6) is 0 Å². The number of rotatable bonds is 6. The summed E-state index contributed by atoms with van der Waals surface area (Å²) >= 11 is 5.85. The maximum Gasteiger partial charge on any atom is 0.271 e. The maximum absolute atomic E-state index is 11.5. The van der Waals surface area contributed by atoms with Gasteiger partial charge < -0.3 is 10.6 Å². The summed E-state index contributed by atoms with van der Waals surface area (Å²) in [5, 5.41) is 16.4. The first-order valence-electron chi connectivity index (χ1n) is 5.49. The molecule has 6 nitrogen and oxygen atoms in total. The number of amides is 1. The van der Waals surface area contributed by atoms with Crippen molar-refractivity contribution in [2.75, 3.05) is 18.4 Å². The Kier molecular flexibility index (Phi) is 5.54. The highest BCUT2D eigenvalue weighted by Gasteiger charge is 2.11. The molecule has 2 N–H and O–H groups in total. The molecule has 0 saturated carbocycles. The Balaban J connectivity index is 2.68. The van der Waals surface area contributed by atoms with Crippen molar-refractivity contribution in [1.82, 2.24) is 5.32 Å². The number of carbonyl (C=O) groups is 1. The molecule has 0 radical (unpaired) electrons. The topological polar surface area (TPSA) is 84.3 Å². The molecule has 0 atom stereocenters. The Morgan fingerprint density at radius 3 is 2.83 bits per heavy atom. The summed E-state index contributed by atoms with van der Waals surface area (Å²) in [5.74, 6) is -0.238. The first-order valence-corrected chi connectivity index (χ1v) is 5.87. The van der Waals surface area contributed by atoms with Crippen molar-refractivity contribution in [2.24, 2.45) is 0 Å². The summed E-state index contributed by atoms with van der Waals surface area (Å²) in [5.41, 5.74) is 0.147. The van der Waals surface area contributed by atoms with Crippen molar-refractivity contribution in [1.29, 1.82) is 0 Å². The lowest BCUT2D eigenvalue weighted by Gasteiger charge is -2.07. The molecule has 0 bridgehead atoms. The SMILES string of the molecule is CCNCCC(=O)Nc1cc([N+](=O)[O-])ccc1Cl. The Labute approximate surface area is 109 Å². The van der Waals surface area contributed by atoms with Crippen LogP contribution in [-0.2, 0) is 4.79 Å². The minimum absolute atomic E-state index is 0.110. The van der Waals surface area contributed by atoms with E-state index >= 15 is 0 Å². The third-order valence-corrected chi connectivity index (χ3v) is 2.54. The van der Waals surface area contributed by atoms with Gasteiger partial charge in [0.05, 0.1) is 15.6 Å². The van der Waals surface area contributed by atoms with E-state index in [4.69, 9.17) is 11.6 Å². The van der Waals surface area contributed by atoms with E-state index in [2.05, 4.69) is 10.6 Å². The molecule has 0 saturated heterocycles. The average Bonchev–Trinajstić information content (AvgIpc) is 2.32. The van der Waals surface area contributed by atoms with Crippen LogP contribution in [0.4, 0.5) is 11.4 Å². The Morgan fingerprint density at radius 2 is 2.22 bits per heavy atom. The van der Waals surface area contributed by atoms with Crippen molar-refractivity contribution in [3.63, 3.8) is 0 Å². The van der Waals surface area contributed by atoms with Gasteiger partial charge in [0.15, 0.2) is 0 Å². The van der Waals surface area contributed by atoms with Gasteiger partial charge >= 0.3 is 0 Å². The molecule has 0 unspecified atom stereocenters. The van der Waals surface area contributed by atoms with E-state index in [1.165, 1.54) is 18.2 Å². The second kappa shape index (κ2) is 6.93. The Bertz CT molecular complexity index is 451. The number of hydrogen-bond acceptors (Lipinski definition) is 4. The van der Waals surface area contributed by atoms with E-state index in [9.17, 15) is 14.9 Å². The van der Waals surface area contributed by atoms with E-state index in [0.717, 1.165) is 6.54 Å². The quantitative estimate of drug-likeness (QED) is 0.472. The maximum atomic E-state index is 11.5. The van der Waals surface area contributed by atoms with Crippen LogP contribution in [0.3, 0.4) is 0 Å². The third-order valence-electron chi connectivity index (χ3n) is 2.21. The average molecular weight is 272 g/mol. The second-order valence-corrected chi connectivity index (χ2v) is 3.98. The zero-order valence-corrected chi connectivity index (χ0v) is 10.7. The van der Waals surface area contributed by atoms with Gasteiger partial charge in [0.1, 0.15) is 0 Å². The molecule has 0 heterocycles. The Morgan fingerprint density at radius 1 is 1.50 bits per heavy atom. The van der Waals surface area contributed by atoms with Gasteiger partial charge in [-0.15, -0.1) is 0 Å². The van der Waals surface area contributed by atoms with Gasteiger partial charge in [0.25, 0.3) is 5.69 Å². The van der Waals surface area contributed by atoms with Crippen LogP contribution in [-0.4, -0.2) is 23.9 Å². The van der Waals surface area contributed by atoms with E-state index in [0.29, 0.717) is 6.54 Å². The van der Waals surface area contributed by atoms with Crippen LogP contribution in [0.25, 0.3) is 0 Å². The third kappa shape index (κ3) is 4.31. The summed E-state index contributed by atoms with van der Waals surface area (Å²) in [7, 11) is 0. The first-order chi connectivity index (χ1) is 8.54. The molecule has 0 spiro atoms. The molecule has 1 rings (SSSR count). The standard InChI is InChI=1S/C11H14ClN3O3/c1-2-13-6-5-11(16)14-10-7-8(15(17)18)3-4-9(10)12/h3-4,7,13H,2,5-6H2,1H3,(H,14,16). The van der Waals surface area contributed by atoms with E-state index < -0.39 is 4.92 Å². The Hall–Kier alpha value is -1.66. The molecule has 18 heavy (non-hydrogen) atoms. The molecular weight excluding hydrogens is 258 g/mol. The fourth-order valence-corrected chi connectivity index (χ4v) is 1.48. The normalized spacial score (nSPS) is 10.1. The fraction of sp³-hybridized carbons (Fsp3) is 0.364. The number of carbonyl (C=O) groups excluding carboxylic acids is 1. The summed E-state index contributed by atoms with van der Waals surface area (Å²) in [6, 6.07) is 3.92. The van der Waals surface area contributed by atoms with Crippen LogP contribution in [0, 0.1) is 10.1 Å². The van der Waals surface area contributed by atoms with Crippen LogP contribution < -0.4 is 10.6 Å². The second-order valence-electron chi connectivity index (χ2n) is 3.57. The number of nitrogens with one attached hydrogen (secondary N) is 2. The summed E-state index contributed by atoms with van der Waals surface area (Å²) in [6.07, 6.45) is 0.285. The predicted octanol–water partition coefficient (Wildman–Crippen LogP) is 2.19. The predicted molar refractivity (Wildman–Crippen MR) is 69.9 cm³/mol. The van der Waals surface area contributed by atoms with Crippen LogP contribution in [0.15, 0.2) is 18.2 Å². The molecule has 7 heteroatoms. The van der Waals surface area contributed by atoms with E-state index in [1.807, 2.05) is 6.92 Å². The van der Waals surface area contributed by atoms with E-state index in [-0.39, 0.29) is 28.7 Å². The smallest absolute Gasteiger partial charge is 0.271 e. The lowest BCUT2D eigenvalue weighted by Crippen LogP contribution is -2.21. The first kappa shape index (κ1) is 14.4. The van der Waals surface area contributed by atoms with Crippen LogP contribution in [0.2, 0.25) is 5.02 Å². The summed E-state index contributed by atoms with van der Waals surface area (Å²) in [4.78, 5) is 21.6. The van der Waals surface area contributed by atoms with Crippen molar-refractivity contribution < 1.29 is 9.72 Å². The summed E-state index contributed by atoms with van der Waals surface area (Å²) < 4.78 is 0. The van der Waals surface area contributed by atoms with Crippen molar-refractivity contribution in [3.8, 4) is 0 Å². The molecule has 1 aromatic rings. The molecule has 98 valence electrons. The number of halogens is 1. The zero-order chi connectivity index (χ0) is 13.5. The van der Waals surface area contributed by atoms with Crippen molar-refractivity contribution >= 4 is 28.9 Å². The monoisotopic (exact) mass is 271 g/mol. The number of nitro benzene ring substituents is 1. The molecule has 0 aliphatic heterocycles. The van der Waals surface area contributed by atoms with Crippen LogP contribution in [0.1, 0.15) is 13.3 Å². The minimum Gasteiger partial charge on any atom is -0.325 e. The van der Waals surface area contributed by atoms with Gasteiger partial charge in [-0.2, -0.15) is 0 Å². The number of nitro groups is 1. The highest BCUT2D eigenvalue weighted by atomic mass is 35.5. The highest BCUT2D eigenvalue weighted by molar-refractivity contribution is 6.33. The lowest BCUT2D eigenvalue weighted by atomic mass is 10.2. The number of nitrogens with zero attached hydrogens (tertiary/aromatic N) is 1. The van der Waals surface area contributed by atoms with Gasteiger partial charge in [-0.1, -0.05) is 18.5 Å².